The molecule has 2 rings (SSSR count). The molecule has 1 aliphatic carbocycles. The van der Waals surface area contributed by atoms with Crippen molar-refractivity contribution in [3.63, 3.8) is 0 Å². The van der Waals surface area contributed by atoms with E-state index in [2.05, 4.69) is 23.1 Å². The number of nitrogens with zero attached hydrogens (tertiary/aromatic N) is 2. The van der Waals surface area contributed by atoms with Crippen LogP contribution in [0, 0.1) is 0 Å². The maximum absolute atomic E-state index is 4.39. The van der Waals surface area contributed by atoms with Gasteiger partial charge in [-0.05, 0) is 30.7 Å². The Hall–Kier alpha value is -1.96. The summed E-state index contributed by atoms with van der Waals surface area (Å²) in [5.41, 5.74) is 4.02. The average molecular weight is 210 g/mol. The average Bonchev–Trinajstić information content (AvgIpc) is 2.54. The van der Waals surface area contributed by atoms with E-state index in [4.69, 9.17) is 0 Å². The predicted octanol–water partition coefficient (Wildman–Crippen LogP) is 1.66. The minimum atomic E-state index is 0.945. The van der Waals surface area contributed by atoms with Crippen molar-refractivity contribution in [2.45, 2.75) is 13.8 Å². The highest BCUT2D eigenvalue weighted by Crippen LogP contribution is 2.27. The van der Waals surface area contributed by atoms with Crippen molar-refractivity contribution in [3.05, 3.63) is 46.7 Å². The Kier molecular flexibility index (Phi) is 2.57. The SMILES string of the molecule is C=CC1=C(/N=C\C)C(C)=c2c1nccc2=C. The van der Waals surface area contributed by atoms with Crippen molar-refractivity contribution in [2.24, 2.45) is 4.99 Å². The third kappa shape index (κ3) is 1.34. The summed E-state index contributed by atoms with van der Waals surface area (Å²) < 4.78 is 0. The van der Waals surface area contributed by atoms with E-state index in [1.54, 1.807) is 12.4 Å². The molecular weight excluding hydrogens is 196 g/mol. The van der Waals surface area contributed by atoms with Crippen LogP contribution in [0.25, 0.3) is 17.7 Å². The lowest BCUT2D eigenvalue weighted by atomic mass is 10.2. The van der Waals surface area contributed by atoms with Gasteiger partial charge in [-0.3, -0.25) is 9.98 Å². The number of aromatic nitrogens is 1. The monoisotopic (exact) mass is 210 g/mol. The molecule has 0 saturated heterocycles. The van der Waals surface area contributed by atoms with Crippen LogP contribution in [0.1, 0.15) is 19.5 Å². The van der Waals surface area contributed by atoms with E-state index in [0.717, 1.165) is 33.0 Å². The zero-order chi connectivity index (χ0) is 11.7. The maximum Gasteiger partial charge on any atom is 0.0805 e. The van der Waals surface area contributed by atoms with Gasteiger partial charge in [0.25, 0.3) is 0 Å². The molecule has 0 amide bonds. The summed E-state index contributed by atoms with van der Waals surface area (Å²) in [5.74, 6) is 0. The summed E-state index contributed by atoms with van der Waals surface area (Å²) >= 11 is 0. The second-order valence-corrected chi connectivity index (χ2v) is 3.67. The molecule has 1 aromatic heterocycles. The molecule has 16 heavy (non-hydrogen) atoms. The topological polar surface area (TPSA) is 25.2 Å². The molecule has 2 nitrogen and oxygen atoms in total. The number of pyridine rings is 1. The maximum atomic E-state index is 4.39. The van der Waals surface area contributed by atoms with E-state index >= 15 is 0 Å². The van der Waals surface area contributed by atoms with Gasteiger partial charge in [0.05, 0.1) is 11.4 Å². The molecule has 0 fully saturated rings. The second-order valence-electron chi connectivity index (χ2n) is 3.67. The molecule has 0 atom stereocenters. The van der Waals surface area contributed by atoms with Gasteiger partial charge in [-0.1, -0.05) is 19.2 Å². The standard InChI is InChI=1S/C14H14N2/c1-5-11-13(15-6-2)10(4)12-9(3)7-8-16-14(11)12/h5-8H,1,3H2,2,4H3/b15-6-. The highest BCUT2D eigenvalue weighted by atomic mass is 14.8. The van der Waals surface area contributed by atoms with Crippen LogP contribution < -0.4 is 10.4 Å². The van der Waals surface area contributed by atoms with Crippen LogP contribution in [-0.2, 0) is 0 Å². The number of aliphatic imine (C=N–C) groups is 1. The molecule has 0 aromatic carbocycles. The highest BCUT2D eigenvalue weighted by Gasteiger charge is 2.18. The third-order valence-electron chi connectivity index (χ3n) is 2.74. The Labute approximate surface area is 95.1 Å². The van der Waals surface area contributed by atoms with Gasteiger partial charge < -0.3 is 0 Å². The van der Waals surface area contributed by atoms with E-state index in [-0.39, 0.29) is 0 Å². The fourth-order valence-electron chi connectivity index (χ4n) is 2.05. The van der Waals surface area contributed by atoms with Crippen molar-refractivity contribution in [3.8, 4) is 0 Å². The van der Waals surface area contributed by atoms with Gasteiger partial charge in [0, 0.05) is 23.2 Å². The van der Waals surface area contributed by atoms with Crippen molar-refractivity contribution in [1.82, 2.24) is 4.98 Å². The van der Waals surface area contributed by atoms with Crippen LogP contribution in [0.15, 0.2) is 35.6 Å². The first-order valence-corrected chi connectivity index (χ1v) is 5.21. The van der Waals surface area contributed by atoms with Gasteiger partial charge in [0.2, 0.25) is 0 Å². The lowest BCUT2D eigenvalue weighted by molar-refractivity contribution is 1.24. The Morgan fingerprint density at radius 1 is 1.44 bits per heavy atom. The number of allylic oxidation sites excluding steroid dienone is 3. The normalized spacial score (nSPS) is 14.8. The van der Waals surface area contributed by atoms with Gasteiger partial charge in [-0.25, -0.2) is 0 Å². The molecule has 80 valence electrons. The van der Waals surface area contributed by atoms with E-state index in [0.29, 0.717) is 0 Å². The van der Waals surface area contributed by atoms with Crippen LogP contribution in [0.2, 0.25) is 0 Å². The summed E-state index contributed by atoms with van der Waals surface area (Å²) in [6.07, 6.45) is 5.37. The van der Waals surface area contributed by atoms with Crippen molar-refractivity contribution in [2.75, 3.05) is 0 Å². The first kappa shape index (κ1) is 10.6. The highest BCUT2D eigenvalue weighted by molar-refractivity contribution is 5.92. The zero-order valence-electron chi connectivity index (χ0n) is 9.62. The van der Waals surface area contributed by atoms with Crippen LogP contribution in [-0.4, -0.2) is 11.2 Å². The lowest BCUT2D eigenvalue weighted by Gasteiger charge is -1.99. The van der Waals surface area contributed by atoms with Gasteiger partial charge in [-0.15, -0.1) is 0 Å². The molecule has 0 bridgehead atoms. The van der Waals surface area contributed by atoms with E-state index in [1.165, 1.54) is 0 Å². The smallest absolute Gasteiger partial charge is 0.0805 e. The second kappa shape index (κ2) is 3.89. The molecule has 2 heteroatoms. The van der Waals surface area contributed by atoms with Crippen molar-refractivity contribution in [1.29, 1.82) is 0 Å². The Balaban J connectivity index is 2.89. The van der Waals surface area contributed by atoms with E-state index in [9.17, 15) is 0 Å². The third-order valence-corrected chi connectivity index (χ3v) is 2.74. The molecule has 1 aromatic rings. The van der Waals surface area contributed by atoms with E-state index < -0.39 is 0 Å². The first-order chi connectivity index (χ1) is 7.70. The van der Waals surface area contributed by atoms with Crippen molar-refractivity contribution >= 4 is 23.9 Å². The zero-order valence-corrected chi connectivity index (χ0v) is 9.62. The largest absolute Gasteiger partial charge is 0.261 e. The number of rotatable bonds is 2. The van der Waals surface area contributed by atoms with Crippen molar-refractivity contribution < 1.29 is 0 Å². The quantitative estimate of drug-likeness (QED) is 0.682. The van der Waals surface area contributed by atoms with E-state index in [1.807, 2.05) is 26.0 Å². The number of hydrogen-bond acceptors (Lipinski definition) is 2. The van der Waals surface area contributed by atoms with Gasteiger partial charge in [-0.2, -0.15) is 0 Å². The molecule has 0 N–H and O–H groups in total. The molecule has 0 spiro atoms. The fraction of sp³-hybridized carbons (Fsp3) is 0.143. The summed E-state index contributed by atoms with van der Waals surface area (Å²) in [6, 6.07) is 1.92. The molecule has 1 aliphatic rings. The Morgan fingerprint density at radius 3 is 2.81 bits per heavy atom. The molecule has 0 radical (unpaired) electrons. The van der Waals surface area contributed by atoms with Gasteiger partial charge in [0.15, 0.2) is 0 Å². The van der Waals surface area contributed by atoms with Gasteiger partial charge >= 0.3 is 0 Å². The first-order valence-electron chi connectivity index (χ1n) is 5.21. The Morgan fingerprint density at radius 2 is 2.19 bits per heavy atom. The molecule has 1 heterocycles. The lowest BCUT2D eigenvalue weighted by Crippen LogP contribution is -2.27. The number of fused-ring (bicyclic) bond motifs is 1. The van der Waals surface area contributed by atoms with Crippen LogP contribution in [0.5, 0.6) is 0 Å². The molecule has 0 aliphatic heterocycles. The Bertz CT molecular complexity index is 619. The summed E-state index contributed by atoms with van der Waals surface area (Å²) in [6.45, 7) is 11.8. The van der Waals surface area contributed by atoms with Crippen LogP contribution in [0.3, 0.4) is 0 Å². The van der Waals surface area contributed by atoms with Crippen LogP contribution >= 0.6 is 0 Å². The molecule has 0 saturated carbocycles. The molecule has 0 unspecified atom stereocenters. The van der Waals surface area contributed by atoms with Gasteiger partial charge in [0.1, 0.15) is 0 Å². The van der Waals surface area contributed by atoms with Crippen LogP contribution in [0.4, 0.5) is 0 Å². The number of hydrogen-bond donors (Lipinski definition) is 0. The summed E-state index contributed by atoms with van der Waals surface area (Å²) in [5, 5.41) is 2.08. The molecular formula is C14H14N2. The predicted molar refractivity (Wildman–Crippen MR) is 69.4 cm³/mol. The summed E-state index contributed by atoms with van der Waals surface area (Å²) in [7, 11) is 0. The minimum absolute atomic E-state index is 0.945. The fourth-order valence-corrected chi connectivity index (χ4v) is 2.05. The summed E-state index contributed by atoms with van der Waals surface area (Å²) in [4.78, 5) is 8.78. The minimum Gasteiger partial charge on any atom is -0.261 e.